The minimum Gasteiger partial charge on any atom is -0.398 e. The number of nitrogens with zero attached hydrogens (tertiary/aromatic N) is 1. The number of benzene rings is 1. The first kappa shape index (κ1) is 14.8. The number of anilines is 1. The summed E-state index contributed by atoms with van der Waals surface area (Å²) < 4.78 is 50.2. The van der Waals surface area contributed by atoms with Crippen LogP contribution in [0.1, 0.15) is 19.4 Å². The van der Waals surface area contributed by atoms with Crippen LogP contribution in [0.3, 0.4) is 0 Å². The Morgan fingerprint density at radius 2 is 1.89 bits per heavy atom. The van der Waals surface area contributed by atoms with Crippen molar-refractivity contribution in [2.75, 3.05) is 12.3 Å². The standard InChI is InChI=1S/C12H16F4N2/c1-8(2)18(7-12(14,15)16)6-9-5-10(13)3-4-11(9)17/h3-5,8H,6-7,17H2,1-2H3. The molecule has 1 aromatic carbocycles. The zero-order chi connectivity index (χ0) is 13.9. The summed E-state index contributed by atoms with van der Waals surface area (Å²) in [6.07, 6.45) is -4.29. The van der Waals surface area contributed by atoms with Crippen LogP contribution in [-0.4, -0.2) is 23.7 Å². The van der Waals surface area contributed by atoms with Crippen molar-refractivity contribution in [1.82, 2.24) is 4.90 Å². The van der Waals surface area contributed by atoms with Crippen molar-refractivity contribution in [2.24, 2.45) is 0 Å². The lowest BCUT2D eigenvalue weighted by Crippen LogP contribution is -2.38. The minimum absolute atomic E-state index is 0.0270. The van der Waals surface area contributed by atoms with Gasteiger partial charge >= 0.3 is 6.18 Å². The molecule has 102 valence electrons. The predicted molar refractivity (Wildman–Crippen MR) is 62.4 cm³/mol. The number of nitrogens with two attached hydrogens (primary N) is 1. The van der Waals surface area contributed by atoms with E-state index in [9.17, 15) is 17.6 Å². The largest absolute Gasteiger partial charge is 0.401 e. The Morgan fingerprint density at radius 3 is 2.39 bits per heavy atom. The second kappa shape index (κ2) is 5.56. The topological polar surface area (TPSA) is 29.3 Å². The molecule has 0 aliphatic carbocycles. The maximum atomic E-state index is 13.0. The number of alkyl halides is 3. The lowest BCUT2D eigenvalue weighted by molar-refractivity contribution is -0.150. The Kier molecular flexibility index (Phi) is 4.56. The maximum Gasteiger partial charge on any atom is 0.401 e. The van der Waals surface area contributed by atoms with Gasteiger partial charge in [-0.05, 0) is 37.6 Å². The van der Waals surface area contributed by atoms with E-state index in [0.717, 1.165) is 0 Å². The van der Waals surface area contributed by atoms with Gasteiger partial charge in [0.05, 0.1) is 6.54 Å². The molecule has 2 N–H and O–H groups in total. The fraction of sp³-hybridized carbons (Fsp3) is 0.500. The molecule has 0 bridgehead atoms. The number of rotatable bonds is 4. The van der Waals surface area contributed by atoms with Crippen LogP contribution < -0.4 is 5.73 Å². The third-order valence-corrected chi connectivity index (χ3v) is 2.59. The van der Waals surface area contributed by atoms with E-state index in [2.05, 4.69) is 0 Å². The smallest absolute Gasteiger partial charge is 0.398 e. The highest BCUT2D eigenvalue weighted by atomic mass is 19.4. The Bertz CT molecular complexity index is 402. The monoisotopic (exact) mass is 264 g/mol. The quantitative estimate of drug-likeness (QED) is 0.668. The van der Waals surface area contributed by atoms with Crippen LogP contribution in [0, 0.1) is 5.82 Å². The second-order valence-corrected chi connectivity index (χ2v) is 4.46. The molecular weight excluding hydrogens is 248 g/mol. The van der Waals surface area contributed by atoms with E-state index in [0.29, 0.717) is 11.3 Å². The molecule has 0 heterocycles. The van der Waals surface area contributed by atoms with Crippen LogP contribution in [-0.2, 0) is 6.54 Å². The van der Waals surface area contributed by atoms with Crippen molar-refractivity contribution in [3.8, 4) is 0 Å². The van der Waals surface area contributed by atoms with Gasteiger partial charge in [-0.3, -0.25) is 4.90 Å². The van der Waals surface area contributed by atoms with Crippen LogP contribution in [0.25, 0.3) is 0 Å². The molecule has 0 aliphatic rings. The third-order valence-electron chi connectivity index (χ3n) is 2.59. The van der Waals surface area contributed by atoms with Crippen LogP contribution in [0.2, 0.25) is 0 Å². The highest BCUT2D eigenvalue weighted by Crippen LogP contribution is 2.22. The molecule has 1 rings (SSSR count). The van der Waals surface area contributed by atoms with Gasteiger partial charge in [0.1, 0.15) is 5.82 Å². The van der Waals surface area contributed by atoms with Gasteiger partial charge in [0.25, 0.3) is 0 Å². The summed E-state index contributed by atoms with van der Waals surface area (Å²) in [5.41, 5.74) is 6.29. The molecule has 0 fully saturated rings. The summed E-state index contributed by atoms with van der Waals surface area (Å²) in [4.78, 5) is 1.20. The molecule has 0 amide bonds. The molecular formula is C12H16F4N2. The molecule has 0 radical (unpaired) electrons. The lowest BCUT2D eigenvalue weighted by atomic mass is 10.1. The van der Waals surface area contributed by atoms with E-state index in [1.54, 1.807) is 13.8 Å². The lowest BCUT2D eigenvalue weighted by Gasteiger charge is -2.27. The van der Waals surface area contributed by atoms with Crippen molar-refractivity contribution in [3.05, 3.63) is 29.6 Å². The van der Waals surface area contributed by atoms with Gasteiger partial charge in [-0.25, -0.2) is 4.39 Å². The van der Waals surface area contributed by atoms with E-state index in [-0.39, 0.29) is 12.6 Å². The Balaban J connectivity index is 2.86. The van der Waals surface area contributed by atoms with Crippen LogP contribution in [0.5, 0.6) is 0 Å². The van der Waals surface area contributed by atoms with Crippen LogP contribution >= 0.6 is 0 Å². The van der Waals surface area contributed by atoms with Crippen molar-refractivity contribution in [1.29, 1.82) is 0 Å². The minimum atomic E-state index is -4.29. The second-order valence-electron chi connectivity index (χ2n) is 4.46. The van der Waals surface area contributed by atoms with Gasteiger partial charge in [0.15, 0.2) is 0 Å². The molecule has 1 aromatic rings. The van der Waals surface area contributed by atoms with Gasteiger partial charge in [0, 0.05) is 18.3 Å². The molecule has 18 heavy (non-hydrogen) atoms. The molecule has 0 aromatic heterocycles. The SMILES string of the molecule is CC(C)N(Cc1cc(F)ccc1N)CC(F)(F)F. The van der Waals surface area contributed by atoms with Gasteiger partial charge in [-0.1, -0.05) is 0 Å². The number of nitrogen functional groups attached to an aromatic ring is 1. The van der Waals surface area contributed by atoms with E-state index in [1.807, 2.05) is 0 Å². The Labute approximate surface area is 103 Å². The zero-order valence-corrected chi connectivity index (χ0v) is 10.3. The Morgan fingerprint density at radius 1 is 1.28 bits per heavy atom. The average Bonchev–Trinajstić information content (AvgIpc) is 2.20. The maximum absolute atomic E-state index is 13.0. The summed E-state index contributed by atoms with van der Waals surface area (Å²) in [6.45, 7) is 2.24. The van der Waals surface area contributed by atoms with Gasteiger partial charge in [-0.2, -0.15) is 13.2 Å². The number of halogens is 4. The van der Waals surface area contributed by atoms with Crippen molar-refractivity contribution < 1.29 is 17.6 Å². The number of hydrogen-bond acceptors (Lipinski definition) is 2. The van der Waals surface area contributed by atoms with Crippen LogP contribution in [0.15, 0.2) is 18.2 Å². The molecule has 0 unspecified atom stereocenters. The highest BCUT2D eigenvalue weighted by Gasteiger charge is 2.31. The van der Waals surface area contributed by atoms with E-state index >= 15 is 0 Å². The summed E-state index contributed by atoms with van der Waals surface area (Å²) in [6, 6.07) is 3.40. The van der Waals surface area contributed by atoms with Crippen LogP contribution in [0.4, 0.5) is 23.2 Å². The normalized spacial score (nSPS) is 12.4. The molecule has 0 saturated heterocycles. The summed E-state index contributed by atoms with van der Waals surface area (Å²) in [5.74, 6) is -0.505. The fourth-order valence-electron chi connectivity index (χ4n) is 1.58. The van der Waals surface area contributed by atoms with Crippen molar-refractivity contribution >= 4 is 5.69 Å². The Hall–Kier alpha value is -1.30. The molecule has 0 saturated carbocycles. The zero-order valence-electron chi connectivity index (χ0n) is 10.3. The average molecular weight is 264 g/mol. The summed E-state index contributed by atoms with van der Waals surface area (Å²) >= 11 is 0. The fourth-order valence-corrected chi connectivity index (χ4v) is 1.58. The van der Waals surface area contributed by atoms with Crippen molar-refractivity contribution in [3.63, 3.8) is 0 Å². The summed E-state index contributed by atoms with van der Waals surface area (Å²) in [7, 11) is 0. The van der Waals surface area contributed by atoms with Gasteiger partial charge in [0.2, 0.25) is 0 Å². The molecule has 6 heteroatoms. The molecule has 0 atom stereocenters. The molecule has 0 spiro atoms. The van der Waals surface area contributed by atoms with E-state index < -0.39 is 18.5 Å². The highest BCUT2D eigenvalue weighted by molar-refractivity contribution is 5.46. The van der Waals surface area contributed by atoms with Crippen molar-refractivity contribution in [2.45, 2.75) is 32.6 Å². The van der Waals surface area contributed by atoms with Gasteiger partial charge in [-0.15, -0.1) is 0 Å². The molecule has 2 nitrogen and oxygen atoms in total. The third kappa shape index (κ3) is 4.52. The predicted octanol–water partition coefficient (Wildman–Crippen LogP) is 3.18. The van der Waals surface area contributed by atoms with E-state index in [4.69, 9.17) is 5.73 Å². The summed E-state index contributed by atoms with van der Waals surface area (Å²) in [5, 5.41) is 0. The van der Waals surface area contributed by atoms with E-state index in [1.165, 1.54) is 23.1 Å². The first-order valence-electron chi connectivity index (χ1n) is 5.54. The van der Waals surface area contributed by atoms with Gasteiger partial charge < -0.3 is 5.73 Å². The number of hydrogen-bond donors (Lipinski definition) is 1. The first-order valence-corrected chi connectivity index (χ1v) is 5.54. The first-order chi connectivity index (χ1) is 8.19. The molecule has 0 aliphatic heterocycles.